The maximum Gasteiger partial charge on any atom is 0.293 e. The van der Waals surface area contributed by atoms with E-state index in [1.165, 1.54) is 33.5 Å². The predicted octanol–water partition coefficient (Wildman–Crippen LogP) is 2.02. The molecule has 0 atom stereocenters. The Hall–Kier alpha value is -4.39. The van der Waals surface area contributed by atoms with Crippen molar-refractivity contribution in [3.05, 3.63) is 46.4 Å². The lowest BCUT2D eigenvalue weighted by atomic mass is 10.1. The minimum Gasteiger partial charge on any atom is -0.493 e. The SMILES string of the molecule is COc1cc(C(=O)NCC(=O)NCCN2C(=O)S/C(=C/c3ccc4c(c3)OCO4)C2=O)cc(OC)c1OC. The van der Waals surface area contributed by atoms with Gasteiger partial charge in [0.15, 0.2) is 23.0 Å². The molecular weight excluding hydrogens is 518 g/mol. The number of hydrogen-bond donors (Lipinski definition) is 2. The van der Waals surface area contributed by atoms with Gasteiger partial charge < -0.3 is 34.3 Å². The van der Waals surface area contributed by atoms with Gasteiger partial charge in [-0.25, -0.2) is 0 Å². The van der Waals surface area contributed by atoms with Gasteiger partial charge in [-0.3, -0.25) is 24.1 Å². The van der Waals surface area contributed by atoms with Crippen LogP contribution in [0.1, 0.15) is 15.9 Å². The standard InChI is InChI=1S/C25H25N3O9S/c1-33-18-10-15(11-19(34-2)22(18)35-3)23(30)27-12-21(29)26-6-7-28-24(31)20(38-25(28)32)9-14-4-5-16-17(8-14)37-13-36-16/h4-5,8-11H,6-7,12-13H2,1-3H3,(H,26,29)(H,27,30)/b20-9+. The lowest BCUT2D eigenvalue weighted by molar-refractivity contribution is -0.124. The van der Waals surface area contributed by atoms with E-state index >= 15 is 0 Å². The maximum atomic E-state index is 12.7. The van der Waals surface area contributed by atoms with E-state index < -0.39 is 23.0 Å². The number of nitrogens with one attached hydrogen (secondary N) is 2. The molecule has 0 saturated carbocycles. The van der Waals surface area contributed by atoms with E-state index in [0.717, 1.165) is 16.7 Å². The van der Waals surface area contributed by atoms with Crippen LogP contribution in [0.4, 0.5) is 4.79 Å². The van der Waals surface area contributed by atoms with Crippen LogP contribution in [0, 0.1) is 0 Å². The van der Waals surface area contributed by atoms with Crippen LogP contribution >= 0.6 is 11.8 Å². The third kappa shape index (κ3) is 5.78. The number of carbonyl (C=O) groups excluding carboxylic acids is 4. The van der Waals surface area contributed by atoms with Crippen LogP contribution in [-0.2, 0) is 9.59 Å². The molecule has 0 aromatic heterocycles. The quantitative estimate of drug-likeness (QED) is 0.428. The van der Waals surface area contributed by atoms with Crippen LogP contribution in [0.2, 0.25) is 0 Å². The molecule has 38 heavy (non-hydrogen) atoms. The van der Waals surface area contributed by atoms with Gasteiger partial charge in [0, 0.05) is 18.7 Å². The summed E-state index contributed by atoms with van der Waals surface area (Å²) >= 11 is 0.816. The zero-order valence-corrected chi connectivity index (χ0v) is 21.6. The molecule has 4 rings (SSSR count). The number of rotatable bonds is 10. The molecule has 2 aromatic carbocycles. The van der Waals surface area contributed by atoms with Gasteiger partial charge in [0.1, 0.15) is 0 Å². The Kier molecular flexibility index (Phi) is 8.26. The van der Waals surface area contributed by atoms with Gasteiger partial charge in [0.2, 0.25) is 18.4 Å². The summed E-state index contributed by atoms with van der Waals surface area (Å²) in [5.74, 6) is 0.638. The smallest absolute Gasteiger partial charge is 0.293 e. The van der Waals surface area contributed by atoms with Gasteiger partial charge in [-0.2, -0.15) is 0 Å². The van der Waals surface area contributed by atoms with Crippen molar-refractivity contribution >= 4 is 40.8 Å². The molecule has 2 aliphatic heterocycles. The fourth-order valence-electron chi connectivity index (χ4n) is 3.69. The number of fused-ring (bicyclic) bond motifs is 1. The summed E-state index contributed by atoms with van der Waals surface area (Å²) in [6.07, 6.45) is 1.60. The van der Waals surface area contributed by atoms with Crippen molar-refractivity contribution in [2.75, 3.05) is 47.8 Å². The molecule has 2 N–H and O–H groups in total. The Labute approximate surface area is 222 Å². The van der Waals surface area contributed by atoms with Crippen molar-refractivity contribution in [3.63, 3.8) is 0 Å². The van der Waals surface area contributed by atoms with Crippen LogP contribution in [0.3, 0.4) is 0 Å². The Morgan fingerprint density at radius 3 is 2.39 bits per heavy atom. The normalized spacial score (nSPS) is 15.0. The average molecular weight is 544 g/mol. The highest BCUT2D eigenvalue weighted by atomic mass is 32.2. The molecule has 0 radical (unpaired) electrons. The Morgan fingerprint density at radius 2 is 1.71 bits per heavy atom. The van der Waals surface area contributed by atoms with Gasteiger partial charge in [-0.1, -0.05) is 6.07 Å². The second-order valence-corrected chi connectivity index (χ2v) is 8.89. The zero-order chi connectivity index (χ0) is 27.2. The number of nitrogens with zero attached hydrogens (tertiary/aromatic N) is 1. The van der Waals surface area contributed by atoms with Crippen molar-refractivity contribution in [2.24, 2.45) is 0 Å². The fraction of sp³-hybridized carbons (Fsp3) is 0.280. The van der Waals surface area contributed by atoms with Gasteiger partial charge >= 0.3 is 0 Å². The van der Waals surface area contributed by atoms with Crippen LogP contribution in [0.5, 0.6) is 28.7 Å². The Morgan fingerprint density at radius 1 is 1.00 bits per heavy atom. The number of thioether (sulfide) groups is 1. The van der Waals surface area contributed by atoms with E-state index in [4.69, 9.17) is 23.7 Å². The molecule has 2 heterocycles. The number of methoxy groups -OCH3 is 3. The average Bonchev–Trinajstić information content (AvgIpc) is 3.50. The third-order valence-corrected chi connectivity index (χ3v) is 6.47. The number of amides is 4. The molecule has 0 aliphatic carbocycles. The summed E-state index contributed by atoms with van der Waals surface area (Å²) in [6.45, 7) is -0.180. The number of benzene rings is 2. The highest BCUT2D eigenvalue weighted by Crippen LogP contribution is 2.38. The molecule has 1 saturated heterocycles. The van der Waals surface area contributed by atoms with Gasteiger partial charge in [-0.15, -0.1) is 0 Å². The van der Waals surface area contributed by atoms with E-state index in [1.807, 2.05) is 0 Å². The first-order valence-electron chi connectivity index (χ1n) is 11.3. The summed E-state index contributed by atoms with van der Waals surface area (Å²) in [4.78, 5) is 51.2. The minimum atomic E-state index is -0.529. The van der Waals surface area contributed by atoms with Crippen molar-refractivity contribution in [2.45, 2.75) is 0 Å². The summed E-state index contributed by atoms with van der Waals surface area (Å²) in [7, 11) is 4.30. The van der Waals surface area contributed by atoms with Crippen molar-refractivity contribution in [3.8, 4) is 28.7 Å². The molecule has 2 aliphatic rings. The second kappa shape index (κ2) is 11.8. The summed E-state index contributed by atoms with van der Waals surface area (Å²) < 4.78 is 26.3. The molecule has 13 heteroatoms. The third-order valence-electron chi connectivity index (χ3n) is 5.56. The van der Waals surface area contributed by atoms with E-state index in [2.05, 4.69) is 10.6 Å². The largest absolute Gasteiger partial charge is 0.493 e. The summed E-state index contributed by atoms with van der Waals surface area (Å²) in [5.41, 5.74) is 0.898. The fourth-order valence-corrected chi connectivity index (χ4v) is 4.56. The monoisotopic (exact) mass is 543 g/mol. The second-order valence-electron chi connectivity index (χ2n) is 7.89. The van der Waals surface area contributed by atoms with Crippen molar-refractivity contribution < 1.29 is 42.9 Å². The first-order chi connectivity index (χ1) is 18.3. The van der Waals surface area contributed by atoms with Gasteiger partial charge in [-0.05, 0) is 47.7 Å². The highest BCUT2D eigenvalue weighted by molar-refractivity contribution is 8.18. The van der Waals surface area contributed by atoms with Crippen LogP contribution in [-0.4, -0.2) is 75.6 Å². The molecule has 0 unspecified atom stereocenters. The van der Waals surface area contributed by atoms with Crippen molar-refractivity contribution in [1.82, 2.24) is 15.5 Å². The zero-order valence-electron chi connectivity index (χ0n) is 20.8. The number of carbonyl (C=O) groups is 4. The van der Waals surface area contributed by atoms with Crippen molar-refractivity contribution in [1.29, 1.82) is 0 Å². The van der Waals surface area contributed by atoms with E-state index in [1.54, 1.807) is 24.3 Å². The molecule has 0 bridgehead atoms. The lowest BCUT2D eigenvalue weighted by Gasteiger charge is -2.14. The molecule has 4 amide bonds. The summed E-state index contributed by atoms with van der Waals surface area (Å²) in [6, 6.07) is 8.14. The summed E-state index contributed by atoms with van der Waals surface area (Å²) in [5, 5.41) is 4.65. The first kappa shape index (κ1) is 26.7. The van der Waals surface area contributed by atoms with E-state index in [0.29, 0.717) is 34.3 Å². The van der Waals surface area contributed by atoms with Crippen LogP contribution in [0.15, 0.2) is 35.2 Å². The first-order valence-corrected chi connectivity index (χ1v) is 12.2. The molecule has 1 fully saturated rings. The van der Waals surface area contributed by atoms with Crippen LogP contribution in [0.25, 0.3) is 6.08 Å². The minimum absolute atomic E-state index is 0.0181. The molecule has 12 nitrogen and oxygen atoms in total. The number of imide groups is 1. The maximum absolute atomic E-state index is 12.7. The Bertz CT molecular complexity index is 1290. The van der Waals surface area contributed by atoms with E-state index in [-0.39, 0.29) is 36.9 Å². The number of ether oxygens (including phenoxy) is 5. The molecule has 200 valence electrons. The Balaban J connectivity index is 1.27. The molecular formula is C25H25N3O9S. The van der Waals surface area contributed by atoms with E-state index in [9.17, 15) is 19.2 Å². The molecule has 2 aromatic rings. The predicted molar refractivity (Wildman–Crippen MR) is 137 cm³/mol. The van der Waals surface area contributed by atoms with Gasteiger partial charge in [0.05, 0.1) is 32.8 Å². The lowest BCUT2D eigenvalue weighted by Crippen LogP contribution is -2.41. The highest BCUT2D eigenvalue weighted by Gasteiger charge is 2.34. The topological polar surface area (TPSA) is 142 Å². The van der Waals surface area contributed by atoms with Crippen LogP contribution < -0.4 is 34.3 Å². The molecule has 0 spiro atoms. The number of hydrogen-bond acceptors (Lipinski definition) is 10. The van der Waals surface area contributed by atoms with Gasteiger partial charge in [0.25, 0.3) is 17.1 Å².